The van der Waals surface area contributed by atoms with Crippen molar-refractivity contribution in [2.75, 3.05) is 19.5 Å². The number of carbonyl (C=O) groups excluding carboxylic acids is 1. The lowest BCUT2D eigenvalue weighted by molar-refractivity contribution is -0.115. The van der Waals surface area contributed by atoms with Crippen LogP contribution in [-0.4, -0.2) is 20.1 Å². The minimum absolute atomic E-state index is 0.0368. The van der Waals surface area contributed by atoms with Gasteiger partial charge in [-0.2, -0.15) is 0 Å². The molecular formula is C11H15NO3. The highest BCUT2D eigenvalue weighted by molar-refractivity contribution is 5.90. The molecule has 0 saturated carbocycles. The highest BCUT2D eigenvalue weighted by Gasteiger charge is 2.03. The van der Waals surface area contributed by atoms with Crippen molar-refractivity contribution in [1.82, 2.24) is 0 Å². The molecule has 0 spiro atoms. The average Bonchev–Trinajstić information content (AvgIpc) is 2.28. The number of ether oxygens (including phenoxy) is 2. The van der Waals surface area contributed by atoms with Crippen molar-refractivity contribution in [3.05, 3.63) is 18.2 Å². The first-order chi connectivity index (χ1) is 7.19. The zero-order valence-electron chi connectivity index (χ0n) is 9.16. The van der Waals surface area contributed by atoms with Gasteiger partial charge in [0.25, 0.3) is 0 Å². The Kier molecular flexibility index (Phi) is 3.97. The summed E-state index contributed by atoms with van der Waals surface area (Å²) in [7, 11) is 3.14. The van der Waals surface area contributed by atoms with Crippen LogP contribution in [0.2, 0.25) is 0 Å². The summed E-state index contributed by atoms with van der Waals surface area (Å²) in [5.41, 5.74) is 0.679. The van der Waals surface area contributed by atoms with Crippen LogP contribution in [0.5, 0.6) is 11.5 Å². The fourth-order valence-electron chi connectivity index (χ4n) is 1.13. The smallest absolute Gasteiger partial charge is 0.224 e. The van der Waals surface area contributed by atoms with E-state index in [4.69, 9.17) is 9.47 Å². The van der Waals surface area contributed by atoms with Crippen LogP contribution in [0.4, 0.5) is 5.69 Å². The number of rotatable bonds is 4. The highest BCUT2D eigenvalue weighted by Crippen LogP contribution is 2.25. The predicted molar refractivity (Wildman–Crippen MR) is 58.5 cm³/mol. The van der Waals surface area contributed by atoms with E-state index in [9.17, 15) is 4.79 Å². The Labute approximate surface area is 89.2 Å². The summed E-state index contributed by atoms with van der Waals surface area (Å²) in [4.78, 5) is 11.2. The van der Waals surface area contributed by atoms with E-state index >= 15 is 0 Å². The number of nitrogens with one attached hydrogen (secondary N) is 1. The van der Waals surface area contributed by atoms with E-state index in [2.05, 4.69) is 5.32 Å². The molecule has 0 bridgehead atoms. The fourth-order valence-corrected chi connectivity index (χ4v) is 1.13. The lowest BCUT2D eigenvalue weighted by Gasteiger charge is -2.08. The van der Waals surface area contributed by atoms with Gasteiger partial charge in [-0.25, -0.2) is 0 Å². The molecule has 0 atom stereocenters. The molecule has 0 aliphatic rings. The molecule has 0 heterocycles. The van der Waals surface area contributed by atoms with Crippen molar-refractivity contribution in [3.63, 3.8) is 0 Å². The summed E-state index contributed by atoms with van der Waals surface area (Å²) in [5, 5.41) is 2.74. The minimum Gasteiger partial charge on any atom is -0.497 e. The summed E-state index contributed by atoms with van der Waals surface area (Å²) in [5.74, 6) is 1.27. The van der Waals surface area contributed by atoms with E-state index in [1.54, 1.807) is 39.3 Å². The Morgan fingerprint density at radius 2 is 1.73 bits per heavy atom. The fraction of sp³-hybridized carbons (Fsp3) is 0.364. The standard InChI is InChI=1S/C11H15NO3/c1-4-11(13)12-8-5-9(14-2)7-10(6-8)15-3/h5-7H,4H2,1-3H3,(H,12,13). The molecule has 0 fully saturated rings. The Hall–Kier alpha value is -1.71. The minimum atomic E-state index is -0.0368. The Morgan fingerprint density at radius 1 is 1.20 bits per heavy atom. The van der Waals surface area contributed by atoms with Gasteiger partial charge in [0.2, 0.25) is 5.91 Å². The molecule has 1 rings (SSSR count). The monoisotopic (exact) mass is 209 g/mol. The maximum Gasteiger partial charge on any atom is 0.224 e. The number of anilines is 1. The molecule has 0 unspecified atom stereocenters. The Morgan fingerprint density at radius 3 is 2.13 bits per heavy atom. The molecule has 0 radical (unpaired) electrons. The largest absolute Gasteiger partial charge is 0.497 e. The number of hydrogen-bond donors (Lipinski definition) is 1. The first kappa shape index (κ1) is 11.4. The van der Waals surface area contributed by atoms with Gasteiger partial charge in [-0.05, 0) is 0 Å². The summed E-state index contributed by atoms with van der Waals surface area (Å²) < 4.78 is 10.2. The van der Waals surface area contributed by atoms with E-state index in [1.807, 2.05) is 0 Å². The number of amides is 1. The second-order valence-corrected chi connectivity index (χ2v) is 3.00. The van der Waals surface area contributed by atoms with Crippen molar-refractivity contribution >= 4 is 11.6 Å². The van der Waals surface area contributed by atoms with Gasteiger partial charge < -0.3 is 14.8 Å². The van der Waals surface area contributed by atoms with Crippen LogP contribution in [0.3, 0.4) is 0 Å². The molecule has 1 aromatic rings. The Balaban J connectivity index is 2.91. The highest BCUT2D eigenvalue weighted by atomic mass is 16.5. The molecule has 15 heavy (non-hydrogen) atoms. The van der Waals surface area contributed by atoms with E-state index < -0.39 is 0 Å². The predicted octanol–water partition coefficient (Wildman–Crippen LogP) is 2.05. The van der Waals surface area contributed by atoms with Crippen LogP contribution in [0.1, 0.15) is 13.3 Å². The first-order valence-corrected chi connectivity index (χ1v) is 4.72. The molecule has 0 saturated heterocycles. The van der Waals surface area contributed by atoms with Crippen LogP contribution < -0.4 is 14.8 Å². The molecule has 1 aromatic carbocycles. The van der Waals surface area contributed by atoms with Crippen LogP contribution in [-0.2, 0) is 4.79 Å². The normalized spacial score (nSPS) is 9.53. The van der Waals surface area contributed by atoms with E-state index in [-0.39, 0.29) is 5.91 Å². The van der Waals surface area contributed by atoms with Crippen LogP contribution in [0.15, 0.2) is 18.2 Å². The molecule has 4 nitrogen and oxygen atoms in total. The Bertz CT molecular complexity index is 327. The number of benzene rings is 1. The van der Waals surface area contributed by atoms with Gasteiger partial charge in [0.05, 0.1) is 14.2 Å². The topological polar surface area (TPSA) is 47.6 Å². The molecule has 0 aliphatic heterocycles. The second-order valence-electron chi connectivity index (χ2n) is 3.00. The molecule has 1 N–H and O–H groups in total. The number of hydrogen-bond acceptors (Lipinski definition) is 3. The van der Waals surface area contributed by atoms with Gasteiger partial charge >= 0.3 is 0 Å². The SMILES string of the molecule is CCC(=O)Nc1cc(OC)cc(OC)c1. The van der Waals surface area contributed by atoms with Crippen molar-refractivity contribution in [2.45, 2.75) is 13.3 Å². The van der Waals surface area contributed by atoms with Gasteiger partial charge in [0.1, 0.15) is 11.5 Å². The molecule has 82 valence electrons. The third-order valence-corrected chi connectivity index (χ3v) is 1.96. The first-order valence-electron chi connectivity index (χ1n) is 4.72. The van der Waals surface area contributed by atoms with Gasteiger partial charge in [-0.3, -0.25) is 4.79 Å². The summed E-state index contributed by atoms with van der Waals surface area (Å²) in [6.45, 7) is 1.80. The van der Waals surface area contributed by atoms with Crippen molar-refractivity contribution in [3.8, 4) is 11.5 Å². The third kappa shape index (κ3) is 3.16. The van der Waals surface area contributed by atoms with Crippen molar-refractivity contribution < 1.29 is 14.3 Å². The maximum absolute atomic E-state index is 11.2. The van der Waals surface area contributed by atoms with Crippen LogP contribution in [0.25, 0.3) is 0 Å². The number of carbonyl (C=O) groups is 1. The van der Waals surface area contributed by atoms with E-state index in [0.29, 0.717) is 23.6 Å². The number of methoxy groups -OCH3 is 2. The maximum atomic E-state index is 11.2. The van der Waals surface area contributed by atoms with Gasteiger partial charge in [0.15, 0.2) is 0 Å². The second kappa shape index (κ2) is 5.24. The zero-order valence-corrected chi connectivity index (χ0v) is 9.16. The quantitative estimate of drug-likeness (QED) is 0.825. The van der Waals surface area contributed by atoms with Gasteiger partial charge in [-0.1, -0.05) is 6.92 Å². The van der Waals surface area contributed by atoms with Crippen LogP contribution in [0, 0.1) is 0 Å². The molecule has 0 aliphatic carbocycles. The summed E-state index contributed by atoms with van der Waals surface area (Å²) >= 11 is 0. The lowest BCUT2D eigenvalue weighted by Crippen LogP contribution is -2.09. The molecular weight excluding hydrogens is 194 g/mol. The molecule has 0 aromatic heterocycles. The average molecular weight is 209 g/mol. The van der Waals surface area contributed by atoms with Crippen molar-refractivity contribution in [2.24, 2.45) is 0 Å². The lowest BCUT2D eigenvalue weighted by atomic mass is 10.2. The van der Waals surface area contributed by atoms with Crippen molar-refractivity contribution in [1.29, 1.82) is 0 Å². The zero-order chi connectivity index (χ0) is 11.3. The van der Waals surface area contributed by atoms with E-state index in [1.165, 1.54) is 0 Å². The van der Waals surface area contributed by atoms with E-state index in [0.717, 1.165) is 0 Å². The van der Waals surface area contributed by atoms with Crippen LogP contribution >= 0.6 is 0 Å². The molecule has 4 heteroatoms. The summed E-state index contributed by atoms with van der Waals surface area (Å²) in [6, 6.07) is 5.24. The summed E-state index contributed by atoms with van der Waals surface area (Å²) in [6.07, 6.45) is 0.444. The molecule has 1 amide bonds. The van der Waals surface area contributed by atoms with Gasteiger partial charge in [-0.15, -0.1) is 0 Å². The van der Waals surface area contributed by atoms with Gasteiger partial charge in [0, 0.05) is 30.3 Å². The third-order valence-electron chi connectivity index (χ3n) is 1.96.